The van der Waals surface area contributed by atoms with Crippen LogP contribution in [-0.2, 0) is 26.8 Å². The molecule has 0 aliphatic rings. The maximum absolute atomic E-state index is 14.4. The van der Waals surface area contributed by atoms with E-state index in [1.807, 2.05) is 46.7 Å². The molecular weight excluding hydrogens is 508 g/mol. The summed E-state index contributed by atoms with van der Waals surface area (Å²) >= 11 is 0. The molecule has 2 heterocycles. The smallest absolute Gasteiger partial charge is 0.283 e. The van der Waals surface area contributed by atoms with Gasteiger partial charge in [-0.15, -0.1) is 0 Å². The van der Waals surface area contributed by atoms with Crippen molar-refractivity contribution in [1.82, 2.24) is 24.4 Å². The second-order valence-corrected chi connectivity index (χ2v) is 11.4. The van der Waals surface area contributed by atoms with Crippen molar-refractivity contribution in [3.63, 3.8) is 0 Å². The number of pyridine rings is 1. The summed E-state index contributed by atoms with van der Waals surface area (Å²) in [6.07, 6.45) is 4.51. The van der Waals surface area contributed by atoms with E-state index >= 15 is 0 Å². The topological polar surface area (TPSA) is 97.2 Å². The van der Waals surface area contributed by atoms with E-state index in [-0.39, 0.29) is 68.7 Å². The molecule has 0 unspecified atom stereocenters. The van der Waals surface area contributed by atoms with Crippen LogP contribution in [0.1, 0.15) is 44.7 Å². The molecule has 3 rings (SSSR count). The fourth-order valence-corrected chi connectivity index (χ4v) is 5.10. The fraction of sp³-hybridized carbons (Fsp3) is 0.400. The number of nitrogens with one attached hydrogen (secondary N) is 1. The number of halogens is 1. The van der Waals surface area contributed by atoms with Crippen molar-refractivity contribution in [2.45, 2.75) is 50.6 Å². The van der Waals surface area contributed by atoms with E-state index in [4.69, 9.17) is 0 Å². The standard InChI is InChI=1S/C25H32FN5O3S.K/c1-17(2)20-13-19(26)14-21(18-7-10-27-11-8-18)22(20)15-23(32)29-35(33,34)24-9-12-31(28-24)25(3,4)16-30(5)6;/h7-14,17H,15-16H2,1-6H3,(H,29,32);. The predicted octanol–water partition coefficient (Wildman–Crippen LogP) is 3.17. The summed E-state index contributed by atoms with van der Waals surface area (Å²) in [7, 11) is -0.354. The summed E-state index contributed by atoms with van der Waals surface area (Å²) in [5.41, 5.74) is 1.96. The van der Waals surface area contributed by atoms with Crippen molar-refractivity contribution in [1.29, 1.82) is 0 Å². The van der Waals surface area contributed by atoms with E-state index < -0.39 is 27.3 Å². The van der Waals surface area contributed by atoms with Gasteiger partial charge in [0.1, 0.15) is 5.82 Å². The Morgan fingerprint density at radius 1 is 1.17 bits per heavy atom. The Morgan fingerprint density at radius 2 is 1.81 bits per heavy atom. The number of hydrogen-bond acceptors (Lipinski definition) is 6. The van der Waals surface area contributed by atoms with Crippen LogP contribution in [0.3, 0.4) is 0 Å². The summed E-state index contributed by atoms with van der Waals surface area (Å²) in [6, 6.07) is 7.55. The molecule has 0 fully saturated rings. The number of sulfonamides is 1. The molecule has 0 aliphatic heterocycles. The van der Waals surface area contributed by atoms with Crippen LogP contribution in [0.2, 0.25) is 0 Å². The second-order valence-electron chi connectivity index (χ2n) is 9.77. The van der Waals surface area contributed by atoms with Gasteiger partial charge in [-0.3, -0.25) is 14.5 Å². The molecule has 36 heavy (non-hydrogen) atoms. The summed E-state index contributed by atoms with van der Waals surface area (Å²) in [5, 5.41) is 3.98. The molecule has 0 saturated heterocycles. The summed E-state index contributed by atoms with van der Waals surface area (Å²) < 4.78 is 44.0. The first-order valence-corrected chi connectivity index (χ1v) is 12.8. The molecule has 1 N–H and O–H groups in total. The molecule has 2 aromatic heterocycles. The number of benzene rings is 1. The number of hydrogen-bond donors (Lipinski definition) is 1. The zero-order chi connectivity index (χ0) is 26.0. The van der Waals surface area contributed by atoms with Gasteiger partial charge in [0.25, 0.3) is 10.0 Å². The largest absolute Gasteiger partial charge is 0.307 e. The Labute approximate surface area is 255 Å². The van der Waals surface area contributed by atoms with Gasteiger partial charge in [0.2, 0.25) is 5.91 Å². The Hall–Kier alpha value is -1.47. The SMILES string of the molecule is CC(C)c1cc(F)cc(-c2ccncc2)c1CC(=O)NS(=O)(=O)c1ccn(C(C)(C)CN(C)C)n1.[K]. The van der Waals surface area contributed by atoms with Crippen LogP contribution in [0, 0.1) is 5.82 Å². The van der Waals surface area contributed by atoms with Gasteiger partial charge in [-0.05, 0) is 86.4 Å². The van der Waals surface area contributed by atoms with E-state index in [1.54, 1.807) is 35.4 Å². The second kappa shape index (κ2) is 12.4. The van der Waals surface area contributed by atoms with Gasteiger partial charge in [0.05, 0.1) is 12.0 Å². The minimum Gasteiger partial charge on any atom is -0.307 e. The molecule has 0 spiro atoms. The average Bonchev–Trinajstić information content (AvgIpc) is 3.26. The van der Waals surface area contributed by atoms with Crippen LogP contribution in [-0.4, -0.2) is 106 Å². The molecule has 0 saturated carbocycles. The number of carbonyl (C=O) groups excluding carboxylic acids is 1. The van der Waals surface area contributed by atoms with Crippen molar-refractivity contribution in [3.8, 4) is 11.1 Å². The van der Waals surface area contributed by atoms with Crippen molar-refractivity contribution in [2.24, 2.45) is 0 Å². The fourth-order valence-electron chi connectivity index (χ4n) is 4.19. The number of rotatable bonds is 9. The molecule has 1 aromatic carbocycles. The first-order valence-electron chi connectivity index (χ1n) is 11.3. The minimum atomic E-state index is -4.20. The van der Waals surface area contributed by atoms with Crippen molar-refractivity contribution in [2.75, 3.05) is 20.6 Å². The van der Waals surface area contributed by atoms with E-state index in [2.05, 4.69) is 14.8 Å². The van der Waals surface area contributed by atoms with Crippen molar-refractivity contribution >= 4 is 67.3 Å². The molecule has 0 bridgehead atoms. The quantitative estimate of drug-likeness (QED) is 0.419. The predicted molar refractivity (Wildman–Crippen MR) is 139 cm³/mol. The van der Waals surface area contributed by atoms with Gasteiger partial charge < -0.3 is 4.90 Å². The third kappa shape index (κ3) is 7.53. The molecular formula is C25H32FKN5O3S. The number of amides is 1. The summed E-state index contributed by atoms with van der Waals surface area (Å²) in [4.78, 5) is 18.9. The molecule has 1 radical (unpaired) electrons. The Morgan fingerprint density at radius 3 is 2.39 bits per heavy atom. The van der Waals surface area contributed by atoms with E-state index in [0.717, 1.165) is 0 Å². The summed E-state index contributed by atoms with van der Waals surface area (Å²) in [6.45, 7) is 8.31. The van der Waals surface area contributed by atoms with Crippen LogP contribution in [0.4, 0.5) is 4.39 Å². The molecule has 189 valence electrons. The maximum atomic E-state index is 14.4. The van der Waals surface area contributed by atoms with Crippen LogP contribution < -0.4 is 4.72 Å². The first kappa shape index (κ1) is 30.7. The van der Waals surface area contributed by atoms with Gasteiger partial charge in [0.15, 0.2) is 5.03 Å². The molecule has 0 atom stereocenters. The molecule has 3 aromatic rings. The van der Waals surface area contributed by atoms with E-state index in [9.17, 15) is 17.6 Å². The normalized spacial score (nSPS) is 12.0. The number of carbonyl (C=O) groups is 1. The molecule has 8 nitrogen and oxygen atoms in total. The average molecular weight is 541 g/mol. The van der Waals surface area contributed by atoms with Crippen molar-refractivity contribution < 1.29 is 17.6 Å². The van der Waals surface area contributed by atoms with Crippen LogP contribution in [0.25, 0.3) is 11.1 Å². The van der Waals surface area contributed by atoms with Crippen LogP contribution in [0.15, 0.2) is 53.9 Å². The zero-order valence-electron chi connectivity index (χ0n) is 21.9. The van der Waals surface area contributed by atoms with Crippen molar-refractivity contribution in [3.05, 3.63) is 65.9 Å². The maximum Gasteiger partial charge on any atom is 0.283 e. The van der Waals surface area contributed by atoms with Gasteiger partial charge in [-0.25, -0.2) is 9.11 Å². The molecule has 1 amide bonds. The van der Waals surface area contributed by atoms with Gasteiger partial charge >= 0.3 is 0 Å². The molecule has 0 aliphatic carbocycles. The van der Waals surface area contributed by atoms with Gasteiger partial charge in [0, 0.05) is 76.5 Å². The number of aromatic nitrogens is 3. The minimum absolute atomic E-state index is 0. The van der Waals surface area contributed by atoms with Crippen LogP contribution >= 0.6 is 0 Å². The number of likely N-dealkylation sites (N-methyl/N-ethyl adjacent to an activating group) is 1. The third-order valence-electron chi connectivity index (χ3n) is 5.61. The zero-order valence-corrected chi connectivity index (χ0v) is 25.8. The van der Waals surface area contributed by atoms with E-state index in [1.165, 1.54) is 18.2 Å². The summed E-state index contributed by atoms with van der Waals surface area (Å²) in [5.74, 6) is -1.24. The van der Waals surface area contributed by atoms with Gasteiger partial charge in [-0.1, -0.05) is 13.8 Å². The number of nitrogens with zero attached hydrogens (tertiary/aromatic N) is 4. The Bertz CT molecular complexity index is 1310. The van der Waals surface area contributed by atoms with E-state index in [0.29, 0.717) is 28.8 Å². The Kier molecular flexibility index (Phi) is 10.6. The monoisotopic (exact) mass is 540 g/mol. The van der Waals surface area contributed by atoms with Crippen LogP contribution in [0.5, 0.6) is 0 Å². The first-order chi connectivity index (χ1) is 16.3. The molecule has 11 heteroatoms. The Balaban J connectivity index is 0.00000456. The third-order valence-corrected chi connectivity index (χ3v) is 6.88. The van der Waals surface area contributed by atoms with Gasteiger partial charge in [-0.2, -0.15) is 13.5 Å².